The molecule has 0 spiro atoms. The Kier molecular flexibility index (Phi) is 5.57. The number of hydrogen-bond acceptors (Lipinski definition) is 3. The van der Waals surface area contributed by atoms with Gasteiger partial charge in [-0.2, -0.15) is 5.26 Å². The van der Waals surface area contributed by atoms with E-state index in [1.165, 1.54) is 0 Å². The molecule has 0 aromatic heterocycles. The number of benzene rings is 2. The van der Waals surface area contributed by atoms with Gasteiger partial charge in [0.25, 0.3) is 0 Å². The van der Waals surface area contributed by atoms with Crippen molar-refractivity contribution in [1.29, 1.82) is 5.26 Å². The van der Waals surface area contributed by atoms with Crippen LogP contribution in [0.3, 0.4) is 0 Å². The number of rotatable bonds is 5. The standard InChI is InChI=1S/C18H16ClNO2/c1-2-22-18(21)17(10-11-20)14-8-6-13(7-9-14)15-4-3-5-16(19)12-15/h3-9,12,17H,2,10H2,1H3. The highest BCUT2D eigenvalue weighted by atomic mass is 35.5. The number of esters is 1. The smallest absolute Gasteiger partial charge is 0.314 e. The molecule has 0 bridgehead atoms. The number of nitriles is 1. The Balaban J connectivity index is 2.26. The van der Waals surface area contributed by atoms with Gasteiger partial charge >= 0.3 is 5.97 Å². The Labute approximate surface area is 135 Å². The highest BCUT2D eigenvalue weighted by Gasteiger charge is 2.21. The third-order valence-corrected chi connectivity index (χ3v) is 3.57. The van der Waals surface area contributed by atoms with E-state index in [4.69, 9.17) is 21.6 Å². The number of nitrogens with zero attached hydrogens (tertiary/aromatic N) is 1. The summed E-state index contributed by atoms with van der Waals surface area (Å²) < 4.78 is 5.03. The second-order valence-electron chi connectivity index (χ2n) is 4.80. The SMILES string of the molecule is CCOC(=O)C(CC#N)c1ccc(-c2cccc(Cl)c2)cc1. The predicted molar refractivity (Wildman–Crippen MR) is 86.5 cm³/mol. The molecule has 0 saturated heterocycles. The first kappa shape index (κ1) is 16.1. The van der Waals surface area contributed by atoms with Crippen LogP contribution in [-0.4, -0.2) is 12.6 Å². The van der Waals surface area contributed by atoms with Gasteiger partial charge in [0.05, 0.1) is 25.0 Å². The molecule has 1 atom stereocenters. The van der Waals surface area contributed by atoms with Crippen LogP contribution in [0.5, 0.6) is 0 Å². The molecule has 0 aliphatic carbocycles. The molecule has 0 saturated carbocycles. The molecule has 0 N–H and O–H groups in total. The molecule has 112 valence electrons. The minimum atomic E-state index is -0.543. The van der Waals surface area contributed by atoms with Crippen LogP contribution in [0.15, 0.2) is 48.5 Å². The summed E-state index contributed by atoms with van der Waals surface area (Å²) >= 11 is 6.00. The molecule has 3 nitrogen and oxygen atoms in total. The maximum Gasteiger partial charge on any atom is 0.314 e. The van der Waals surface area contributed by atoms with E-state index in [0.717, 1.165) is 16.7 Å². The summed E-state index contributed by atoms with van der Waals surface area (Å²) in [6.45, 7) is 2.06. The first-order chi connectivity index (χ1) is 10.7. The zero-order chi connectivity index (χ0) is 15.9. The van der Waals surface area contributed by atoms with Crippen molar-refractivity contribution in [3.8, 4) is 17.2 Å². The van der Waals surface area contributed by atoms with Gasteiger partial charge in [0.15, 0.2) is 0 Å². The number of halogens is 1. The number of hydrogen-bond donors (Lipinski definition) is 0. The molecule has 2 aromatic carbocycles. The summed E-state index contributed by atoms with van der Waals surface area (Å²) in [7, 11) is 0. The van der Waals surface area contributed by atoms with Gasteiger partial charge in [-0.1, -0.05) is 48.0 Å². The quantitative estimate of drug-likeness (QED) is 0.760. The van der Waals surface area contributed by atoms with Gasteiger partial charge in [-0.25, -0.2) is 0 Å². The summed E-state index contributed by atoms with van der Waals surface area (Å²) in [5, 5.41) is 9.58. The highest BCUT2D eigenvalue weighted by molar-refractivity contribution is 6.30. The highest BCUT2D eigenvalue weighted by Crippen LogP contribution is 2.27. The largest absolute Gasteiger partial charge is 0.465 e. The molecule has 0 aliphatic heterocycles. The first-order valence-electron chi connectivity index (χ1n) is 7.05. The van der Waals surface area contributed by atoms with E-state index >= 15 is 0 Å². The average molecular weight is 314 g/mol. The third kappa shape index (κ3) is 3.87. The van der Waals surface area contributed by atoms with Crippen LogP contribution in [0.1, 0.15) is 24.8 Å². The minimum absolute atomic E-state index is 0.106. The zero-order valence-corrected chi connectivity index (χ0v) is 13.0. The Morgan fingerprint density at radius 3 is 2.55 bits per heavy atom. The molecular formula is C18H16ClNO2. The average Bonchev–Trinajstić information content (AvgIpc) is 2.53. The van der Waals surface area contributed by atoms with Crippen LogP contribution in [0.25, 0.3) is 11.1 Å². The summed E-state index contributed by atoms with van der Waals surface area (Å²) in [5.41, 5.74) is 2.80. The van der Waals surface area contributed by atoms with E-state index in [-0.39, 0.29) is 12.4 Å². The summed E-state index contributed by atoms with van der Waals surface area (Å²) in [4.78, 5) is 11.9. The summed E-state index contributed by atoms with van der Waals surface area (Å²) in [6, 6.07) is 17.2. The molecular weight excluding hydrogens is 298 g/mol. The van der Waals surface area contributed by atoms with Crippen molar-refractivity contribution in [2.75, 3.05) is 6.61 Å². The van der Waals surface area contributed by atoms with Gasteiger partial charge in [0, 0.05) is 5.02 Å². The number of ether oxygens (including phenoxy) is 1. The van der Waals surface area contributed by atoms with E-state index in [1.807, 2.05) is 54.6 Å². The van der Waals surface area contributed by atoms with E-state index < -0.39 is 5.92 Å². The number of carbonyl (C=O) groups is 1. The molecule has 2 rings (SSSR count). The van der Waals surface area contributed by atoms with Crippen molar-refractivity contribution in [2.45, 2.75) is 19.3 Å². The van der Waals surface area contributed by atoms with E-state index in [2.05, 4.69) is 0 Å². The minimum Gasteiger partial charge on any atom is -0.465 e. The van der Waals surface area contributed by atoms with E-state index in [0.29, 0.717) is 11.6 Å². The van der Waals surface area contributed by atoms with Gasteiger partial charge in [0.2, 0.25) is 0 Å². The molecule has 0 heterocycles. The summed E-state index contributed by atoms with van der Waals surface area (Å²) in [5.74, 6) is -0.905. The van der Waals surface area contributed by atoms with Crippen LogP contribution in [-0.2, 0) is 9.53 Å². The van der Waals surface area contributed by atoms with Gasteiger partial charge < -0.3 is 4.74 Å². The van der Waals surface area contributed by atoms with Crippen molar-refractivity contribution >= 4 is 17.6 Å². The Morgan fingerprint density at radius 2 is 1.95 bits per heavy atom. The van der Waals surface area contributed by atoms with Crippen LogP contribution < -0.4 is 0 Å². The fourth-order valence-corrected chi connectivity index (χ4v) is 2.44. The molecule has 4 heteroatoms. The zero-order valence-electron chi connectivity index (χ0n) is 12.3. The van der Waals surface area contributed by atoms with Gasteiger partial charge in [-0.15, -0.1) is 0 Å². The topological polar surface area (TPSA) is 50.1 Å². The van der Waals surface area contributed by atoms with Crippen molar-refractivity contribution in [3.63, 3.8) is 0 Å². The lowest BCUT2D eigenvalue weighted by Gasteiger charge is -2.13. The maximum atomic E-state index is 11.9. The van der Waals surface area contributed by atoms with Gasteiger partial charge in [-0.3, -0.25) is 4.79 Å². The normalized spacial score (nSPS) is 11.5. The lowest BCUT2D eigenvalue weighted by molar-refractivity contribution is -0.144. The molecule has 0 amide bonds. The molecule has 1 unspecified atom stereocenters. The lowest BCUT2D eigenvalue weighted by Crippen LogP contribution is -2.15. The van der Waals surface area contributed by atoms with Crippen molar-refractivity contribution in [1.82, 2.24) is 0 Å². The van der Waals surface area contributed by atoms with Crippen LogP contribution in [0.2, 0.25) is 5.02 Å². The Bertz CT molecular complexity index is 689. The van der Waals surface area contributed by atoms with Crippen molar-refractivity contribution < 1.29 is 9.53 Å². The van der Waals surface area contributed by atoms with Crippen LogP contribution >= 0.6 is 11.6 Å². The van der Waals surface area contributed by atoms with Crippen molar-refractivity contribution in [2.24, 2.45) is 0 Å². The Hall–Kier alpha value is -2.31. The Morgan fingerprint density at radius 1 is 1.23 bits per heavy atom. The summed E-state index contributed by atoms with van der Waals surface area (Å²) in [6.07, 6.45) is 0.106. The van der Waals surface area contributed by atoms with E-state index in [1.54, 1.807) is 6.92 Å². The predicted octanol–water partition coefficient (Wildman–Crippen LogP) is 4.57. The van der Waals surface area contributed by atoms with Gasteiger partial charge in [0.1, 0.15) is 0 Å². The fourth-order valence-electron chi connectivity index (χ4n) is 2.25. The third-order valence-electron chi connectivity index (χ3n) is 3.34. The molecule has 0 aliphatic rings. The molecule has 2 aromatic rings. The fraction of sp³-hybridized carbons (Fsp3) is 0.222. The first-order valence-corrected chi connectivity index (χ1v) is 7.43. The van der Waals surface area contributed by atoms with Crippen LogP contribution in [0.4, 0.5) is 0 Å². The monoisotopic (exact) mass is 313 g/mol. The van der Waals surface area contributed by atoms with Crippen LogP contribution in [0, 0.1) is 11.3 Å². The second kappa shape index (κ2) is 7.63. The maximum absolute atomic E-state index is 11.9. The van der Waals surface area contributed by atoms with E-state index in [9.17, 15) is 4.79 Å². The lowest BCUT2D eigenvalue weighted by atomic mass is 9.94. The molecule has 0 fully saturated rings. The second-order valence-corrected chi connectivity index (χ2v) is 5.24. The molecule has 0 radical (unpaired) electrons. The van der Waals surface area contributed by atoms with Crippen molar-refractivity contribution in [3.05, 3.63) is 59.1 Å². The van der Waals surface area contributed by atoms with Gasteiger partial charge in [-0.05, 0) is 35.7 Å². The number of carbonyl (C=O) groups excluding carboxylic acids is 1. The molecule has 22 heavy (non-hydrogen) atoms.